The summed E-state index contributed by atoms with van der Waals surface area (Å²) in [7, 11) is 0. The largest absolute Gasteiger partial charge is 0.387 e. The van der Waals surface area contributed by atoms with Gasteiger partial charge in [0.1, 0.15) is 11.8 Å². The Morgan fingerprint density at radius 1 is 1.55 bits per heavy atom. The van der Waals surface area contributed by atoms with Gasteiger partial charge < -0.3 is 10.2 Å². The molecule has 1 aliphatic rings. The molecule has 2 atom stereocenters. The zero-order valence-electron chi connectivity index (χ0n) is 11.4. The van der Waals surface area contributed by atoms with E-state index >= 15 is 0 Å². The molecule has 2 rings (SSSR count). The summed E-state index contributed by atoms with van der Waals surface area (Å²) in [4.78, 5) is 17.3. The van der Waals surface area contributed by atoms with Crippen LogP contribution in [0.1, 0.15) is 37.9 Å². The number of nitrogens with one attached hydrogen (secondary N) is 1. The van der Waals surface area contributed by atoms with E-state index in [4.69, 9.17) is 10.1 Å². The molecular formula is C15H17N3O2. The van der Waals surface area contributed by atoms with E-state index in [1.54, 1.807) is 0 Å². The second-order valence-corrected chi connectivity index (χ2v) is 4.69. The summed E-state index contributed by atoms with van der Waals surface area (Å²) in [5.74, 6) is -0.316. The number of benzene rings is 1. The number of nitrogens with zero attached hydrogens (tertiary/aromatic N) is 2. The molecule has 0 saturated heterocycles. The van der Waals surface area contributed by atoms with Crippen LogP contribution in [0.4, 0.5) is 0 Å². The van der Waals surface area contributed by atoms with E-state index < -0.39 is 6.04 Å². The summed E-state index contributed by atoms with van der Waals surface area (Å²) in [6, 6.07) is 11.3. The van der Waals surface area contributed by atoms with Gasteiger partial charge >= 0.3 is 0 Å². The number of carbonyl (C=O) groups is 1. The maximum absolute atomic E-state index is 12.0. The maximum atomic E-state index is 12.0. The Labute approximate surface area is 118 Å². The quantitative estimate of drug-likeness (QED) is 0.893. The molecular weight excluding hydrogens is 254 g/mol. The first kappa shape index (κ1) is 14.1. The summed E-state index contributed by atoms with van der Waals surface area (Å²) >= 11 is 0. The normalized spacial score (nSPS) is 18.6. The Morgan fingerprint density at radius 2 is 2.30 bits per heavy atom. The highest BCUT2D eigenvalue weighted by Crippen LogP contribution is 2.26. The molecule has 1 N–H and O–H groups in total. The molecule has 1 amide bonds. The van der Waals surface area contributed by atoms with E-state index in [0.29, 0.717) is 18.6 Å². The number of hydrogen-bond donors (Lipinski definition) is 1. The number of carbonyl (C=O) groups excluding carboxylic acids is 1. The first-order chi connectivity index (χ1) is 9.74. The summed E-state index contributed by atoms with van der Waals surface area (Å²) < 4.78 is 0. The highest BCUT2D eigenvalue weighted by molar-refractivity contribution is 6.39. The lowest BCUT2D eigenvalue weighted by Crippen LogP contribution is -2.38. The van der Waals surface area contributed by atoms with E-state index in [9.17, 15) is 4.79 Å². The predicted octanol–water partition coefficient (Wildman–Crippen LogP) is 2.31. The van der Waals surface area contributed by atoms with Gasteiger partial charge in [-0.15, -0.1) is 0 Å². The van der Waals surface area contributed by atoms with Gasteiger partial charge in [-0.25, -0.2) is 0 Å². The van der Waals surface area contributed by atoms with Crippen LogP contribution in [0.3, 0.4) is 0 Å². The molecule has 1 aromatic rings. The van der Waals surface area contributed by atoms with Gasteiger partial charge in [-0.1, -0.05) is 48.8 Å². The number of hydrogen-bond acceptors (Lipinski definition) is 4. The molecule has 5 nitrogen and oxygen atoms in total. The van der Waals surface area contributed by atoms with Crippen molar-refractivity contribution in [3.8, 4) is 6.07 Å². The van der Waals surface area contributed by atoms with Crippen molar-refractivity contribution in [2.75, 3.05) is 0 Å². The summed E-state index contributed by atoms with van der Waals surface area (Å²) in [6.07, 6.45) is 1.69. The Kier molecular flexibility index (Phi) is 4.72. The molecule has 1 heterocycles. The molecule has 2 unspecified atom stereocenters. The fraction of sp³-hybridized carbons (Fsp3) is 0.400. The van der Waals surface area contributed by atoms with E-state index in [-0.39, 0.29) is 12.0 Å². The highest BCUT2D eigenvalue weighted by atomic mass is 16.6. The van der Waals surface area contributed by atoms with Crippen molar-refractivity contribution >= 4 is 11.6 Å². The van der Waals surface area contributed by atoms with Gasteiger partial charge in [-0.2, -0.15) is 5.26 Å². The van der Waals surface area contributed by atoms with Crippen molar-refractivity contribution < 1.29 is 9.63 Å². The third kappa shape index (κ3) is 3.35. The van der Waals surface area contributed by atoms with Crippen LogP contribution in [0.2, 0.25) is 0 Å². The predicted molar refractivity (Wildman–Crippen MR) is 74.8 cm³/mol. The van der Waals surface area contributed by atoms with Gasteiger partial charge in [-0.3, -0.25) is 4.79 Å². The number of nitriles is 1. The number of oxime groups is 1. The van der Waals surface area contributed by atoms with E-state index in [1.165, 1.54) is 0 Å². The van der Waals surface area contributed by atoms with Gasteiger partial charge in [0, 0.05) is 6.42 Å². The smallest absolute Gasteiger partial charge is 0.270 e. The summed E-state index contributed by atoms with van der Waals surface area (Å²) in [5, 5.41) is 15.4. The molecule has 1 aliphatic heterocycles. The minimum absolute atomic E-state index is 0.219. The van der Waals surface area contributed by atoms with Crippen LogP contribution in [-0.2, 0) is 9.63 Å². The monoisotopic (exact) mass is 271 g/mol. The lowest BCUT2D eigenvalue weighted by atomic mass is 10.0. The second kappa shape index (κ2) is 6.71. The van der Waals surface area contributed by atoms with Crippen molar-refractivity contribution in [2.45, 2.75) is 38.3 Å². The minimum Gasteiger partial charge on any atom is -0.387 e. The Hall–Kier alpha value is -2.35. The van der Waals surface area contributed by atoms with Crippen molar-refractivity contribution in [1.82, 2.24) is 5.32 Å². The van der Waals surface area contributed by atoms with Gasteiger partial charge in [-0.05, 0) is 12.0 Å². The van der Waals surface area contributed by atoms with Gasteiger partial charge in [0.25, 0.3) is 5.91 Å². The molecule has 0 aliphatic carbocycles. The molecule has 104 valence electrons. The summed E-state index contributed by atoms with van der Waals surface area (Å²) in [5.41, 5.74) is 1.33. The molecule has 0 bridgehead atoms. The van der Waals surface area contributed by atoms with E-state index in [2.05, 4.69) is 16.5 Å². The fourth-order valence-electron chi connectivity index (χ4n) is 2.06. The van der Waals surface area contributed by atoms with Crippen LogP contribution in [0.5, 0.6) is 0 Å². The lowest BCUT2D eigenvalue weighted by Gasteiger charge is -2.10. The molecule has 1 aromatic carbocycles. The Balaban J connectivity index is 1.92. The van der Waals surface area contributed by atoms with Crippen LogP contribution in [0.15, 0.2) is 35.5 Å². The lowest BCUT2D eigenvalue weighted by molar-refractivity contribution is -0.115. The van der Waals surface area contributed by atoms with Crippen molar-refractivity contribution in [2.24, 2.45) is 5.16 Å². The molecule has 0 spiro atoms. The highest BCUT2D eigenvalue weighted by Gasteiger charge is 2.28. The van der Waals surface area contributed by atoms with E-state index in [0.717, 1.165) is 12.0 Å². The molecule has 0 aromatic heterocycles. The van der Waals surface area contributed by atoms with Crippen molar-refractivity contribution in [3.05, 3.63) is 35.9 Å². The Bertz CT molecular complexity index is 534. The molecule has 0 fully saturated rings. The van der Waals surface area contributed by atoms with Gasteiger partial charge in [0.2, 0.25) is 0 Å². The van der Waals surface area contributed by atoms with E-state index in [1.807, 2.05) is 37.3 Å². The summed E-state index contributed by atoms with van der Waals surface area (Å²) in [6.45, 7) is 1.97. The molecule has 5 heteroatoms. The van der Waals surface area contributed by atoms with Crippen LogP contribution < -0.4 is 5.32 Å². The first-order valence-electron chi connectivity index (χ1n) is 6.72. The number of amides is 1. The van der Waals surface area contributed by atoms with Crippen LogP contribution in [-0.4, -0.2) is 17.7 Å². The fourth-order valence-corrected chi connectivity index (χ4v) is 2.06. The SMILES string of the molecule is CCCC(C#N)NC(=O)C1=NOC(c2ccccc2)C1. The minimum atomic E-state index is -0.467. The third-order valence-electron chi connectivity index (χ3n) is 3.14. The first-order valence-corrected chi connectivity index (χ1v) is 6.72. The molecule has 20 heavy (non-hydrogen) atoms. The second-order valence-electron chi connectivity index (χ2n) is 4.69. The number of rotatable bonds is 5. The average Bonchev–Trinajstić information content (AvgIpc) is 2.97. The maximum Gasteiger partial charge on any atom is 0.270 e. The van der Waals surface area contributed by atoms with Crippen LogP contribution >= 0.6 is 0 Å². The topological polar surface area (TPSA) is 74.5 Å². The standard InChI is InChI=1S/C15H17N3O2/c1-2-6-12(10-16)17-15(19)13-9-14(20-18-13)11-7-4-3-5-8-11/h3-5,7-8,12,14H,2,6,9H2,1H3,(H,17,19). The Morgan fingerprint density at radius 3 is 2.95 bits per heavy atom. The van der Waals surface area contributed by atoms with Crippen molar-refractivity contribution in [3.63, 3.8) is 0 Å². The molecule has 0 saturated carbocycles. The molecule has 0 radical (unpaired) electrons. The average molecular weight is 271 g/mol. The van der Waals surface area contributed by atoms with Crippen LogP contribution in [0.25, 0.3) is 0 Å². The van der Waals surface area contributed by atoms with Gasteiger partial charge in [0.05, 0.1) is 6.07 Å². The van der Waals surface area contributed by atoms with Crippen LogP contribution in [0, 0.1) is 11.3 Å². The zero-order valence-corrected chi connectivity index (χ0v) is 11.4. The van der Waals surface area contributed by atoms with Gasteiger partial charge in [0.15, 0.2) is 6.10 Å². The van der Waals surface area contributed by atoms with Crippen molar-refractivity contribution in [1.29, 1.82) is 5.26 Å². The zero-order chi connectivity index (χ0) is 14.4. The third-order valence-corrected chi connectivity index (χ3v) is 3.14.